The summed E-state index contributed by atoms with van der Waals surface area (Å²) in [7, 11) is 0. The molecular formula is C14H20BrFN2O. The molecule has 1 aliphatic carbocycles. The molecule has 3 N–H and O–H groups in total. The number of nitrogens with one attached hydrogen (secondary N) is 1. The molecule has 5 heteroatoms. The molecule has 0 radical (unpaired) electrons. The summed E-state index contributed by atoms with van der Waals surface area (Å²) >= 11 is 3.26. The van der Waals surface area contributed by atoms with Crippen molar-refractivity contribution in [2.24, 2.45) is 11.8 Å². The monoisotopic (exact) mass is 330 g/mol. The van der Waals surface area contributed by atoms with Crippen LogP contribution in [0, 0.1) is 11.7 Å². The smallest absolute Gasteiger partial charge is 0.127 e. The lowest BCUT2D eigenvalue weighted by atomic mass is 9.98. The van der Waals surface area contributed by atoms with Crippen molar-refractivity contribution >= 4 is 15.9 Å². The van der Waals surface area contributed by atoms with Gasteiger partial charge in [0.1, 0.15) is 5.82 Å². The Morgan fingerprint density at radius 1 is 1.53 bits per heavy atom. The predicted molar refractivity (Wildman–Crippen MR) is 77.1 cm³/mol. The van der Waals surface area contributed by atoms with Gasteiger partial charge in [0.2, 0.25) is 0 Å². The number of rotatable bonds is 7. The van der Waals surface area contributed by atoms with E-state index in [0.717, 1.165) is 4.47 Å². The third kappa shape index (κ3) is 3.99. The zero-order valence-electron chi connectivity index (χ0n) is 11.0. The zero-order valence-corrected chi connectivity index (χ0v) is 12.6. The summed E-state index contributed by atoms with van der Waals surface area (Å²) in [6.07, 6.45) is 2.95. The highest BCUT2D eigenvalue weighted by Gasteiger charge is 2.37. The molecule has 0 aromatic heterocycles. The van der Waals surface area contributed by atoms with Crippen molar-refractivity contribution in [2.75, 3.05) is 6.61 Å². The van der Waals surface area contributed by atoms with Gasteiger partial charge in [-0.1, -0.05) is 22.0 Å². The summed E-state index contributed by atoms with van der Waals surface area (Å²) in [4.78, 5) is 0. The van der Waals surface area contributed by atoms with Crippen molar-refractivity contribution in [3.63, 3.8) is 0 Å². The summed E-state index contributed by atoms with van der Waals surface area (Å²) in [6.45, 7) is 2.63. The molecule has 1 fully saturated rings. The topological polar surface area (TPSA) is 47.3 Å². The summed E-state index contributed by atoms with van der Waals surface area (Å²) in [5, 5.41) is 0. The molecule has 0 amide bonds. The Labute approximate surface area is 121 Å². The molecule has 0 bridgehead atoms. The normalized spacial score (nSPS) is 18.3. The molecule has 19 heavy (non-hydrogen) atoms. The molecule has 1 aliphatic rings. The molecule has 1 saturated carbocycles. The van der Waals surface area contributed by atoms with Gasteiger partial charge >= 0.3 is 0 Å². The van der Waals surface area contributed by atoms with Crippen LogP contribution in [0.4, 0.5) is 4.39 Å². The van der Waals surface area contributed by atoms with Gasteiger partial charge in [-0.05, 0) is 49.8 Å². The van der Waals surface area contributed by atoms with Crippen LogP contribution in [-0.2, 0) is 11.2 Å². The van der Waals surface area contributed by atoms with Crippen molar-refractivity contribution in [1.82, 2.24) is 5.43 Å². The molecule has 0 spiro atoms. The van der Waals surface area contributed by atoms with Crippen molar-refractivity contribution in [3.8, 4) is 0 Å². The lowest BCUT2D eigenvalue weighted by Gasteiger charge is -2.26. The molecule has 2 atom stereocenters. The Bertz CT molecular complexity index is 426. The van der Waals surface area contributed by atoms with Crippen LogP contribution in [0.25, 0.3) is 0 Å². The maximum absolute atomic E-state index is 13.9. The van der Waals surface area contributed by atoms with Crippen LogP contribution in [0.3, 0.4) is 0 Å². The van der Waals surface area contributed by atoms with Gasteiger partial charge in [0.25, 0.3) is 0 Å². The number of ether oxygens (including phenoxy) is 1. The predicted octanol–water partition coefficient (Wildman–Crippen LogP) is 2.78. The maximum atomic E-state index is 13.9. The van der Waals surface area contributed by atoms with E-state index in [4.69, 9.17) is 10.6 Å². The van der Waals surface area contributed by atoms with Crippen LogP contribution in [-0.4, -0.2) is 18.8 Å². The van der Waals surface area contributed by atoms with E-state index >= 15 is 0 Å². The van der Waals surface area contributed by atoms with Gasteiger partial charge in [-0.3, -0.25) is 11.3 Å². The van der Waals surface area contributed by atoms with Gasteiger partial charge in [0.05, 0.1) is 12.1 Å². The van der Waals surface area contributed by atoms with E-state index in [1.54, 1.807) is 6.07 Å². The molecule has 2 unspecified atom stereocenters. The quantitative estimate of drug-likeness (QED) is 0.597. The zero-order chi connectivity index (χ0) is 13.8. The molecule has 1 aromatic carbocycles. The van der Waals surface area contributed by atoms with E-state index in [9.17, 15) is 4.39 Å². The van der Waals surface area contributed by atoms with E-state index in [2.05, 4.69) is 21.4 Å². The van der Waals surface area contributed by atoms with Crippen molar-refractivity contribution in [2.45, 2.75) is 38.3 Å². The average molecular weight is 331 g/mol. The number of halogens is 2. The second kappa shape index (κ2) is 6.79. The van der Waals surface area contributed by atoms with Crippen LogP contribution < -0.4 is 11.3 Å². The van der Waals surface area contributed by atoms with E-state index in [-0.39, 0.29) is 18.0 Å². The summed E-state index contributed by atoms with van der Waals surface area (Å²) in [5.41, 5.74) is 3.46. The number of hydrogen-bond donors (Lipinski definition) is 2. The first-order chi connectivity index (χ1) is 9.15. The van der Waals surface area contributed by atoms with Crippen LogP contribution in [0.15, 0.2) is 22.7 Å². The van der Waals surface area contributed by atoms with Crippen molar-refractivity contribution in [1.29, 1.82) is 0 Å². The van der Waals surface area contributed by atoms with Crippen molar-refractivity contribution < 1.29 is 9.13 Å². The van der Waals surface area contributed by atoms with Gasteiger partial charge in [0, 0.05) is 11.1 Å². The largest absolute Gasteiger partial charge is 0.377 e. The minimum atomic E-state index is -0.208. The number of hydrogen-bond acceptors (Lipinski definition) is 3. The number of benzene rings is 1. The summed E-state index contributed by atoms with van der Waals surface area (Å²) in [5.74, 6) is 5.98. The Kier molecular flexibility index (Phi) is 5.33. The molecule has 0 aliphatic heterocycles. The first kappa shape index (κ1) is 14.9. The number of hydrazine groups is 1. The molecule has 2 rings (SSSR count). The molecule has 106 valence electrons. The average Bonchev–Trinajstić information content (AvgIpc) is 3.20. The summed E-state index contributed by atoms with van der Waals surface area (Å²) in [6, 6.07) is 5.07. The fraction of sp³-hybridized carbons (Fsp3) is 0.571. The highest BCUT2D eigenvalue weighted by atomic mass is 79.9. The Hall–Kier alpha value is -0.490. The Morgan fingerprint density at radius 2 is 2.26 bits per heavy atom. The first-order valence-electron chi connectivity index (χ1n) is 6.67. The van der Waals surface area contributed by atoms with Crippen LogP contribution >= 0.6 is 15.9 Å². The van der Waals surface area contributed by atoms with Gasteiger partial charge in [-0.15, -0.1) is 0 Å². The fourth-order valence-corrected chi connectivity index (χ4v) is 2.73. The number of nitrogens with two attached hydrogens (primary N) is 1. The highest BCUT2D eigenvalue weighted by molar-refractivity contribution is 9.10. The SMILES string of the molecule is CCOC(C1CC1)C(Cc1ccc(Br)cc1F)NN. The molecular weight excluding hydrogens is 311 g/mol. The lowest BCUT2D eigenvalue weighted by Crippen LogP contribution is -2.47. The van der Waals surface area contributed by atoms with Crippen LogP contribution in [0.5, 0.6) is 0 Å². The fourth-order valence-electron chi connectivity index (χ4n) is 2.39. The van der Waals surface area contributed by atoms with Gasteiger partial charge < -0.3 is 4.74 Å². The molecule has 3 nitrogen and oxygen atoms in total. The third-order valence-corrected chi connectivity index (χ3v) is 4.00. The van der Waals surface area contributed by atoms with Gasteiger partial charge in [-0.2, -0.15) is 0 Å². The molecule has 0 heterocycles. The van der Waals surface area contributed by atoms with E-state index in [1.165, 1.54) is 18.9 Å². The Balaban J connectivity index is 2.08. The van der Waals surface area contributed by atoms with E-state index < -0.39 is 0 Å². The summed E-state index contributed by atoms with van der Waals surface area (Å²) < 4.78 is 20.4. The van der Waals surface area contributed by atoms with E-state index in [1.807, 2.05) is 13.0 Å². The highest BCUT2D eigenvalue weighted by Crippen LogP contribution is 2.36. The molecule has 1 aromatic rings. The molecule has 0 saturated heterocycles. The second-order valence-corrected chi connectivity index (χ2v) is 5.89. The Morgan fingerprint density at radius 3 is 2.79 bits per heavy atom. The van der Waals surface area contributed by atoms with Crippen LogP contribution in [0.2, 0.25) is 0 Å². The minimum Gasteiger partial charge on any atom is -0.377 e. The van der Waals surface area contributed by atoms with Gasteiger partial charge in [0.15, 0.2) is 0 Å². The van der Waals surface area contributed by atoms with Gasteiger partial charge in [-0.25, -0.2) is 4.39 Å². The second-order valence-electron chi connectivity index (χ2n) is 4.97. The standard InChI is InChI=1S/C14H20BrFN2O/c1-2-19-14(9-3-4-9)13(18-17)7-10-5-6-11(15)8-12(10)16/h5-6,8-9,13-14,18H,2-4,7,17H2,1H3. The maximum Gasteiger partial charge on any atom is 0.127 e. The van der Waals surface area contributed by atoms with Crippen LogP contribution in [0.1, 0.15) is 25.3 Å². The van der Waals surface area contributed by atoms with E-state index in [0.29, 0.717) is 24.5 Å². The first-order valence-corrected chi connectivity index (χ1v) is 7.46. The lowest BCUT2D eigenvalue weighted by molar-refractivity contribution is 0.0190. The van der Waals surface area contributed by atoms with Crippen molar-refractivity contribution in [3.05, 3.63) is 34.1 Å². The third-order valence-electron chi connectivity index (χ3n) is 3.51. The minimum absolute atomic E-state index is 0.0527.